The van der Waals surface area contributed by atoms with E-state index >= 15 is 0 Å². The van der Waals surface area contributed by atoms with E-state index in [0.717, 1.165) is 11.1 Å². The number of hydrazone groups is 1. The number of aryl methyl sites for hydroxylation is 1. The summed E-state index contributed by atoms with van der Waals surface area (Å²) in [5.74, 6) is 0.785. The molecule has 0 bridgehead atoms. The van der Waals surface area contributed by atoms with Gasteiger partial charge in [-0.15, -0.1) is 0 Å². The summed E-state index contributed by atoms with van der Waals surface area (Å²) in [6.45, 7) is 1.97. The summed E-state index contributed by atoms with van der Waals surface area (Å²) in [7, 11) is -0.856. The second-order valence-corrected chi connectivity index (χ2v) is 6.44. The van der Waals surface area contributed by atoms with Gasteiger partial charge in [0.15, 0.2) is 11.5 Å². The average Bonchev–Trinajstić information content (AvgIpc) is 2.55. The molecule has 0 saturated carbocycles. The molecule has 0 unspecified atom stereocenters. The van der Waals surface area contributed by atoms with Gasteiger partial charge in [-0.1, -0.05) is 29.8 Å². The van der Waals surface area contributed by atoms with Crippen LogP contribution in [0.1, 0.15) is 11.1 Å². The molecule has 2 aromatic rings. The van der Waals surface area contributed by atoms with Gasteiger partial charge in [0, 0.05) is 6.07 Å². The van der Waals surface area contributed by atoms with Crippen LogP contribution in [0, 0.1) is 6.92 Å². The smallest absolute Gasteiger partial charge is 0.276 e. The number of nitrogens with zero attached hydrogens (tertiary/aromatic N) is 1. The summed E-state index contributed by atoms with van der Waals surface area (Å²) < 4.78 is 34.6. The van der Waals surface area contributed by atoms with Crippen LogP contribution in [0.2, 0.25) is 0 Å². The lowest BCUT2D eigenvalue weighted by molar-refractivity contribution is 0.354. The summed E-state index contributed by atoms with van der Waals surface area (Å²) in [5, 5.41) is 3.78. The minimum Gasteiger partial charge on any atom is -0.493 e. The Morgan fingerprint density at radius 2 is 1.65 bits per heavy atom. The maximum atomic E-state index is 12.2. The molecule has 6 nitrogen and oxygen atoms in total. The lowest BCUT2D eigenvalue weighted by Gasteiger charge is -2.09. The Labute approximate surface area is 135 Å². The van der Waals surface area contributed by atoms with Crippen molar-refractivity contribution in [1.82, 2.24) is 4.83 Å². The van der Waals surface area contributed by atoms with Crippen LogP contribution in [0.3, 0.4) is 0 Å². The van der Waals surface area contributed by atoms with Gasteiger partial charge in [0.2, 0.25) is 0 Å². The van der Waals surface area contributed by atoms with Crippen LogP contribution in [-0.4, -0.2) is 28.9 Å². The van der Waals surface area contributed by atoms with Crippen LogP contribution >= 0.6 is 0 Å². The Kier molecular flexibility index (Phi) is 5.23. The van der Waals surface area contributed by atoms with Gasteiger partial charge in [-0.2, -0.15) is 13.5 Å². The Morgan fingerprint density at radius 1 is 1.00 bits per heavy atom. The number of hydrogen-bond acceptors (Lipinski definition) is 5. The Morgan fingerprint density at radius 3 is 2.26 bits per heavy atom. The highest BCUT2D eigenvalue weighted by atomic mass is 32.2. The number of benzene rings is 2. The lowest BCUT2D eigenvalue weighted by atomic mass is 10.2. The summed E-state index contributed by atoms with van der Waals surface area (Å²) in [5.41, 5.74) is 1.92. The molecule has 0 spiro atoms. The zero-order valence-corrected chi connectivity index (χ0v) is 13.9. The van der Waals surface area contributed by atoms with E-state index in [9.17, 15) is 8.42 Å². The van der Waals surface area contributed by atoms with Gasteiger partial charge in [-0.25, -0.2) is 4.83 Å². The largest absolute Gasteiger partial charge is 0.493 e. The predicted molar refractivity (Wildman–Crippen MR) is 88.6 cm³/mol. The first-order valence-electron chi connectivity index (χ1n) is 6.80. The molecule has 2 aromatic carbocycles. The summed E-state index contributed by atoms with van der Waals surface area (Å²) in [4.78, 5) is 2.21. The molecule has 23 heavy (non-hydrogen) atoms. The highest BCUT2D eigenvalue weighted by molar-refractivity contribution is 7.89. The molecule has 0 aliphatic rings. The molecule has 2 rings (SSSR count). The van der Waals surface area contributed by atoms with Gasteiger partial charge in [-0.3, -0.25) is 0 Å². The number of nitrogens with one attached hydrogen (secondary N) is 1. The number of sulfonamides is 1. The fraction of sp³-hybridized carbons (Fsp3) is 0.188. The molecule has 0 radical (unpaired) electrons. The van der Waals surface area contributed by atoms with E-state index in [0.29, 0.717) is 11.5 Å². The second kappa shape index (κ2) is 7.15. The topological polar surface area (TPSA) is 77.0 Å². The van der Waals surface area contributed by atoms with Crippen molar-refractivity contribution in [1.29, 1.82) is 0 Å². The molecule has 0 amide bonds. The highest BCUT2D eigenvalue weighted by Gasteiger charge is 2.16. The van der Waals surface area contributed by atoms with E-state index in [1.54, 1.807) is 0 Å². The van der Waals surface area contributed by atoms with Gasteiger partial charge in [0.25, 0.3) is 10.0 Å². The van der Waals surface area contributed by atoms with E-state index in [4.69, 9.17) is 9.47 Å². The first-order valence-corrected chi connectivity index (χ1v) is 8.28. The van der Waals surface area contributed by atoms with E-state index in [2.05, 4.69) is 9.93 Å². The normalized spacial score (nSPS) is 11.4. The summed E-state index contributed by atoms with van der Waals surface area (Å²) in [6.07, 6.45) is 1.44. The molecule has 0 aliphatic heterocycles. The van der Waals surface area contributed by atoms with Gasteiger partial charge >= 0.3 is 0 Å². The van der Waals surface area contributed by atoms with E-state index in [1.807, 2.05) is 31.2 Å². The maximum Gasteiger partial charge on any atom is 0.276 e. The first-order chi connectivity index (χ1) is 11.0. The summed E-state index contributed by atoms with van der Waals surface area (Å²) >= 11 is 0. The fourth-order valence-corrected chi connectivity index (χ4v) is 2.67. The zero-order chi connectivity index (χ0) is 16.9. The second-order valence-electron chi connectivity index (χ2n) is 4.78. The van der Waals surface area contributed by atoms with E-state index in [-0.39, 0.29) is 4.90 Å². The van der Waals surface area contributed by atoms with Gasteiger partial charge in [-0.05, 0) is 24.6 Å². The van der Waals surface area contributed by atoms with Crippen molar-refractivity contribution in [3.8, 4) is 11.5 Å². The Hall–Kier alpha value is -2.54. The Bertz CT molecular complexity index is 799. The van der Waals surface area contributed by atoms with Crippen molar-refractivity contribution in [3.05, 3.63) is 53.6 Å². The van der Waals surface area contributed by atoms with Crippen LogP contribution in [0.15, 0.2) is 52.5 Å². The molecule has 0 heterocycles. The standard InChI is InChI=1S/C16H18N2O4S/c1-12-4-6-13(7-5-12)11-17-18-23(19,20)14-8-9-15(21-2)16(10-14)22-3/h4-11,18H,1-3H3/b17-11+. The average molecular weight is 334 g/mol. The number of methoxy groups -OCH3 is 2. The van der Waals surface area contributed by atoms with Crippen LogP contribution in [0.25, 0.3) is 0 Å². The highest BCUT2D eigenvalue weighted by Crippen LogP contribution is 2.29. The SMILES string of the molecule is COc1ccc(S(=O)(=O)N/N=C/c2ccc(C)cc2)cc1OC. The molecule has 122 valence electrons. The van der Waals surface area contributed by atoms with Gasteiger partial charge in [0.1, 0.15) is 0 Å². The predicted octanol–water partition coefficient (Wildman–Crippen LogP) is 2.32. The van der Waals surface area contributed by atoms with Crippen molar-refractivity contribution in [3.63, 3.8) is 0 Å². The van der Waals surface area contributed by atoms with Gasteiger partial charge in [0.05, 0.1) is 25.3 Å². The molecule has 7 heteroatoms. The molecule has 0 aromatic heterocycles. The quantitative estimate of drug-likeness (QED) is 0.650. The van der Waals surface area contributed by atoms with Crippen molar-refractivity contribution in [2.75, 3.05) is 14.2 Å². The molecular weight excluding hydrogens is 316 g/mol. The maximum absolute atomic E-state index is 12.2. The van der Waals surface area contributed by atoms with Crippen LogP contribution < -0.4 is 14.3 Å². The van der Waals surface area contributed by atoms with Crippen molar-refractivity contribution >= 4 is 16.2 Å². The number of ether oxygens (including phenoxy) is 2. The monoisotopic (exact) mass is 334 g/mol. The van der Waals surface area contributed by atoms with Crippen LogP contribution in [0.5, 0.6) is 11.5 Å². The molecular formula is C16H18N2O4S. The van der Waals surface area contributed by atoms with Crippen molar-refractivity contribution < 1.29 is 17.9 Å². The molecule has 0 saturated heterocycles. The van der Waals surface area contributed by atoms with Gasteiger partial charge < -0.3 is 9.47 Å². The minimum absolute atomic E-state index is 0.0382. The van der Waals surface area contributed by atoms with Crippen molar-refractivity contribution in [2.45, 2.75) is 11.8 Å². The molecule has 0 aliphatic carbocycles. The third-order valence-corrected chi connectivity index (χ3v) is 4.35. The minimum atomic E-state index is -3.78. The summed E-state index contributed by atoms with van der Waals surface area (Å²) in [6, 6.07) is 11.9. The Balaban J connectivity index is 2.17. The van der Waals surface area contributed by atoms with E-state index in [1.165, 1.54) is 38.6 Å². The molecule has 0 atom stereocenters. The number of rotatable bonds is 6. The van der Waals surface area contributed by atoms with Crippen LogP contribution in [0.4, 0.5) is 0 Å². The van der Waals surface area contributed by atoms with Crippen LogP contribution in [-0.2, 0) is 10.0 Å². The zero-order valence-electron chi connectivity index (χ0n) is 13.1. The fourth-order valence-electron chi connectivity index (χ4n) is 1.86. The molecule has 0 fully saturated rings. The third-order valence-electron chi connectivity index (χ3n) is 3.13. The third kappa shape index (κ3) is 4.23. The first kappa shape index (κ1) is 16.8. The number of hydrogen-bond donors (Lipinski definition) is 1. The van der Waals surface area contributed by atoms with E-state index < -0.39 is 10.0 Å². The lowest BCUT2D eigenvalue weighted by Crippen LogP contribution is -2.18. The van der Waals surface area contributed by atoms with Crippen molar-refractivity contribution in [2.24, 2.45) is 5.10 Å². The molecule has 1 N–H and O–H groups in total.